The second-order valence-corrected chi connectivity index (χ2v) is 10.4. The molecule has 1 aliphatic carbocycles. The van der Waals surface area contributed by atoms with E-state index in [0.29, 0.717) is 23.1 Å². The van der Waals surface area contributed by atoms with E-state index in [4.69, 9.17) is 9.47 Å². The third-order valence-corrected chi connectivity index (χ3v) is 7.60. The molecule has 7 nitrogen and oxygen atoms in total. The maximum Gasteiger partial charge on any atom is 0.337 e. The first-order chi connectivity index (χ1) is 19.5. The average molecular weight is 555 g/mol. The molecule has 0 aromatic heterocycles. The Hall–Kier alpha value is -4.27. The number of rotatable bonds is 10. The van der Waals surface area contributed by atoms with E-state index in [2.05, 4.69) is 34.3 Å². The van der Waals surface area contributed by atoms with Crippen LogP contribution < -0.4 is 19.5 Å². The van der Waals surface area contributed by atoms with Gasteiger partial charge in [0, 0.05) is 16.5 Å². The van der Waals surface area contributed by atoms with Crippen molar-refractivity contribution in [1.29, 1.82) is 0 Å². The van der Waals surface area contributed by atoms with Crippen LogP contribution in [0, 0.1) is 0 Å². The third kappa shape index (κ3) is 7.43. The molecule has 5 rings (SSSR count). The Labute approximate surface area is 237 Å². The Kier molecular flexibility index (Phi) is 9.00. The molecule has 0 heterocycles. The van der Waals surface area contributed by atoms with E-state index in [0.717, 1.165) is 31.4 Å². The van der Waals surface area contributed by atoms with Gasteiger partial charge in [0.1, 0.15) is 17.2 Å². The number of carbonyl (C=O) groups is 2. The van der Waals surface area contributed by atoms with E-state index in [1.807, 2.05) is 30.3 Å². The summed E-state index contributed by atoms with van der Waals surface area (Å²) in [5.74, 6) is 0.549. The zero-order valence-corrected chi connectivity index (χ0v) is 22.6. The zero-order chi connectivity index (χ0) is 27.7. The number of carboxylic acids is 1. The number of hydrogen-bond acceptors (Lipinski definition) is 6. The number of ether oxygens (including phenoxy) is 2. The summed E-state index contributed by atoms with van der Waals surface area (Å²) in [5, 5.41) is 12.0. The molecule has 0 atom stereocenters. The van der Waals surface area contributed by atoms with Gasteiger partial charge in [-0.15, -0.1) is 0 Å². The summed E-state index contributed by atoms with van der Waals surface area (Å²) < 4.78 is 15.7. The average Bonchev–Trinajstić information content (AvgIpc) is 2.99. The highest BCUT2D eigenvalue weighted by atomic mass is 32.2. The van der Waals surface area contributed by atoms with Crippen molar-refractivity contribution in [3.05, 3.63) is 114 Å². The van der Waals surface area contributed by atoms with E-state index in [9.17, 15) is 14.7 Å². The maximum absolute atomic E-state index is 12.6. The Bertz CT molecular complexity index is 1420. The van der Waals surface area contributed by atoms with Crippen molar-refractivity contribution in [3.8, 4) is 17.2 Å². The van der Waals surface area contributed by atoms with Gasteiger partial charge in [0.05, 0.1) is 17.4 Å². The summed E-state index contributed by atoms with van der Waals surface area (Å²) >= 11 is 1.69. The summed E-state index contributed by atoms with van der Waals surface area (Å²) in [5.41, 5.74) is 0.667. The monoisotopic (exact) mass is 554 g/mol. The van der Waals surface area contributed by atoms with Crippen molar-refractivity contribution in [1.82, 2.24) is 4.72 Å². The molecule has 0 radical (unpaired) electrons. The molecule has 1 fully saturated rings. The van der Waals surface area contributed by atoms with Crippen molar-refractivity contribution >= 4 is 29.5 Å². The molecule has 204 valence electrons. The fraction of sp³-hybridized carbons (Fsp3) is 0.188. The second kappa shape index (κ2) is 13.2. The number of para-hydroxylation sites is 1. The van der Waals surface area contributed by atoms with Gasteiger partial charge < -0.3 is 19.9 Å². The van der Waals surface area contributed by atoms with Crippen LogP contribution in [0.3, 0.4) is 0 Å². The van der Waals surface area contributed by atoms with Crippen LogP contribution in [0.2, 0.25) is 0 Å². The van der Waals surface area contributed by atoms with Gasteiger partial charge in [-0.1, -0.05) is 30.3 Å². The highest BCUT2D eigenvalue weighted by Gasteiger charge is 2.22. The maximum atomic E-state index is 12.6. The molecule has 4 aromatic rings. The summed E-state index contributed by atoms with van der Waals surface area (Å²) in [6.45, 7) is 0. The zero-order valence-electron chi connectivity index (χ0n) is 21.8. The van der Waals surface area contributed by atoms with Crippen LogP contribution in [-0.4, -0.2) is 29.1 Å². The van der Waals surface area contributed by atoms with Gasteiger partial charge in [-0.3, -0.25) is 9.52 Å². The van der Waals surface area contributed by atoms with Gasteiger partial charge in [0.2, 0.25) is 0 Å². The minimum atomic E-state index is -1.10. The Balaban J connectivity index is 1.08. The first-order valence-electron chi connectivity index (χ1n) is 13.2. The van der Waals surface area contributed by atoms with Gasteiger partial charge in [-0.05, 0) is 110 Å². The van der Waals surface area contributed by atoms with Gasteiger partial charge in [0.15, 0.2) is 0 Å². The normalized spacial score (nSPS) is 16.6. The standard InChI is InChI=1S/C32H30N2O5S/c35-31(33-30-9-5-4-8-29(30)32(36)37)22-10-14-24(15-11-22)38-26-18-20-27(21-19-26)39-25-16-12-23(13-17-25)34-40-28-6-2-1-3-7-28/h1-11,14-15,18-21,23,25,34H,12-13,16-17H2,(H,33,35)(H,36,37). The highest BCUT2D eigenvalue weighted by Crippen LogP contribution is 2.29. The van der Waals surface area contributed by atoms with E-state index >= 15 is 0 Å². The second-order valence-electron chi connectivity index (χ2n) is 9.53. The number of benzene rings is 4. The fourth-order valence-corrected chi connectivity index (χ4v) is 5.33. The van der Waals surface area contributed by atoms with Crippen LogP contribution in [-0.2, 0) is 0 Å². The SMILES string of the molecule is O=C(Nc1ccccc1C(=O)O)c1ccc(Oc2ccc(OC3CCC(NSc4ccccc4)CC3)cc2)cc1. The molecule has 1 aliphatic rings. The van der Waals surface area contributed by atoms with Crippen LogP contribution in [0.25, 0.3) is 0 Å². The lowest BCUT2D eigenvalue weighted by Gasteiger charge is -2.29. The van der Waals surface area contributed by atoms with E-state index in [1.165, 1.54) is 11.0 Å². The highest BCUT2D eigenvalue weighted by molar-refractivity contribution is 7.97. The number of nitrogens with one attached hydrogen (secondary N) is 2. The summed E-state index contributed by atoms with van der Waals surface area (Å²) in [7, 11) is 0. The van der Waals surface area contributed by atoms with Crippen LogP contribution in [0.4, 0.5) is 5.69 Å². The van der Waals surface area contributed by atoms with Crippen molar-refractivity contribution in [2.75, 3.05) is 5.32 Å². The molecule has 4 aromatic carbocycles. The Morgan fingerprint density at radius 1 is 0.725 bits per heavy atom. The van der Waals surface area contributed by atoms with Gasteiger partial charge in [0.25, 0.3) is 5.91 Å². The van der Waals surface area contributed by atoms with E-state index in [1.54, 1.807) is 54.4 Å². The number of aromatic carboxylic acids is 1. The van der Waals surface area contributed by atoms with Crippen LogP contribution >= 0.6 is 11.9 Å². The predicted octanol–water partition coefficient (Wildman–Crippen LogP) is 7.42. The summed E-state index contributed by atoms with van der Waals surface area (Å²) in [4.78, 5) is 25.2. The molecular weight excluding hydrogens is 524 g/mol. The predicted molar refractivity (Wildman–Crippen MR) is 156 cm³/mol. The fourth-order valence-electron chi connectivity index (χ4n) is 4.50. The smallest absolute Gasteiger partial charge is 0.337 e. The van der Waals surface area contributed by atoms with Crippen molar-refractivity contribution in [2.45, 2.75) is 42.7 Å². The lowest BCUT2D eigenvalue weighted by Crippen LogP contribution is -2.33. The first-order valence-corrected chi connectivity index (χ1v) is 14.0. The third-order valence-electron chi connectivity index (χ3n) is 6.65. The molecular formula is C32H30N2O5S. The largest absolute Gasteiger partial charge is 0.490 e. The van der Waals surface area contributed by atoms with Crippen molar-refractivity contribution in [2.24, 2.45) is 0 Å². The van der Waals surface area contributed by atoms with Crippen LogP contribution in [0.5, 0.6) is 17.2 Å². The molecule has 0 spiro atoms. The number of hydrogen-bond donors (Lipinski definition) is 3. The Morgan fingerprint density at radius 3 is 2.00 bits per heavy atom. The molecule has 8 heteroatoms. The first kappa shape index (κ1) is 27.3. The lowest BCUT2D eigenvalue weighted by molar-refractivity contribution is 0.0698. The van der Waals surface area contributed by atoms with Crippen LogP contribution in [0.1, 0.15) is 46.4 Å². The number of carbonyl (C=O) groups excluding carboxylic acids is 1. The molecule has 0 aliphatic heterocycles. The lowest BCUT2D eigenvalue weighted by atomic mass is 9.94. The minimum Gasteiger partial charge on any atom is -0.490 e. The molecule has 1 saturated carbocycles. The molecule has 1 amide bonds. The van der Waals surface area contributed by atoms with Crippen LogP contribution in [0.15, 0.2) is 108 Å². The molecule has 40 heavy (non-hydrogen) atoms. The van der Waals surface area contributed by atoms with E-state index < -0.39 is 11.9 Å². The number of amides is 1. The van der Waals surface area contributed by atoms with Crippen molar-refractivity contribution < 1.29 is 24.2 Å². The summed E-state index contributed by atoms with van der Waals surface area (Å²) in [6.07, 6.45) is 4.37. The number of carboxylic acid groups (broad SMARTS) is 1. The Morgan fingerprint density at radius 2 is 1.32 bits per heavy atom. The van der Waals surface area contributed by atoms with Crippen molar-refractivity contribution in [3.63, 3.8) is 0 Å². The molecule has 3 N–H and O–H groups in total. The van der Waals surface area contributed by atoms with Gasteiger partial charge >= 0.3 is 5.97 Å². The van der Waals surface area contributed by atoms with Gasteiger partial charge in [-0.25, -0.2) is 4.79 Å². The topological polar surface area (TPSA) is 96.9 Å². The number of anilines is 1. The quantitative estimate of drug-likeness (QED) is 0.176. The molecule has 0 unspecified atom stereocenters. The van der Waals surface area contributed by atoms with E-state index in [-0.39, 0.29) is 17.4 Å². The summed E-state index contributed by atoms with van der Waals surface area (Å²) in [6, 6.07) is 31.3. The van der Waals surface area contributed by atoms with Gasteiger partial charge in [-0.2, -0.15) is 0 Å². The molecule has 0 bridgehead atoms. The molecule has 0 saturated heterocycles. The minimum absolute atomic E-state index is 0.0332.